The van der Waals surface area contributed by atoms with Gasteiger partial charge in [-0.1, -0.05) is 29.8 Å². The van der Waals surface area contributed by atoms with Crippen LogP contribution >= 0.6 is 11.6 Å². The zero-order valence-corrected chi connectivity index (χ0v) is 21.6. The number of likely N-dealkylation sites (tertiary alicyclic amines) is 1. The Morgan fingerprint density at radius 2 is 1.86 bits per heavy atom. The quantitative estimate of drug-likeness (QED) is 0.503. The van der Waals surface area contributed by atoms with E-state index in [0.29, 0.717) is 40.4 Å². The highest BCUT2D eigenvalue weighted by atomic mass is 35.5. The number of halogens is 1. The number of nitriles is 1. The maximum atomic E-state index is 9.69. The number of benzene rings is 1. The maximum absolute atomic E-state index is 9.69. The van der Waals surface area contributed by atoms with Crippen molar-refractivity contribution in [1.82, 2.24) is 14.9 Å². The van der Waals surface area contributed by atoms with Gasteiger partial charge in [0, 0.05) is 30.2 Å². The van der Waals surface area contributed by atoms with Crippen LogP contribution in [0.5, 0.6) is 0 Å². The Balaban J connectivity index is 1.13. The van der Waals surface area contributed by atoms with Crippen molar-refractivity contribution in [1.29, 1.82) is 5.26 Å². The van der Waals surface area contributed by atoms with Crippen LogP contribution in [0, 0.1) is 34.5 Å². The Hall–Kier alpha value is -2.40. The molecule has 1 saturated heterocycles. The van der Waals surface area contributed by atoms with Gasteiger partial charge in [0.1, 0.15) is 17.5 Å². The first-order valence-electron chi connectivity index (χ1n) is 13.5. The smallest absolute Gasteiger partial charge is 0.224 e. The van der Waals surface area contributed by atoms with Gasteiger partial charge in [-0.05, 0) is 92.8 Å². The van der Waals surface area contributed by atoms with E-state index in [1.54, 1.807) is 6.20 Å². The molecule has 5 atom stereocenters. The number of piperidine rings is 1. The Bertz CT molecular complexity index is 1120. The SMILES string of the molecule is N#Cc1cnc(NCc2ccccc2Cl)nc1NC[C@]12CC3C[C@H](C1)C(N1CCC(N)CC1)[C@@H](C3)C2. The molecule has 1 aromatic carbocycles. The van der Waals surface area contributed by atoms with Crippen molar-refractivity contribution in [2.24, 2.45) is 28.9 Å². The lowest BCUT2D eigenvalue weighted by atomic mass is 9.47. The first-order valence-corrected chi connectivity index (χ1v) is 13.9. The minimum absolute atomic E-state index is 0.308. The topological polar surface area (TPSA) is 103 Å². The lowest BCUT2D eigenvalue weighted by Crippen LogP contribution is -2.62. The van der Waals surface area contributed by atoms with Crippen LogP contribution in [0.4, 0.5) is 11.8 Å². The first kappa shape index (κ1) is 24.0. The van der Waals surface area contributed by atoms with Crippen LogP contribution in [0.3, 0.4) is 0 Å². The average Bonchev–Trinajstić information content (AvgIpc) is 2.87. The molecule has 2 aromatic rings. The van der Waals surface area contributed by atoms with E-state index in [9.17, 15) is 5.26 Å². The second-order valence-corrected chi connectivity index (χ2v) is 12.1. The van der Waals surface area contributed by atoms with Crippen molar-refractivity contribution in [3.05, 3.63) is 46.6 Å². The molecule has 5 aliphatic rings. The van der Waals surface area contributed by atoms with Crippen LogP contribution in [-0.4, -0.2) is 46.6 Å². The van der Waals surface area contributed by atoms with Crippen LogP contribution in [0.2, 0.25) is 5.02 Å². The van der Waals surface area contributed by atoms with E-state index >= 15 is 0 Å². The minimum Gasteiger partial charge on any atom is -0.368 e. The molecule has 2 heterocycles. The van der Waals surface area contributed by atoms with Crippen LogP contribution in [0.25, 0.3) is 0 Å². The molecule has 7 rings (SSSR count). The minimum atomic E-state index is 0.308. The van der Waals surface area contributed by atoms with Crippen LogP contribution in [0.15, 0.2) is 30.5 Å². The van der Waals surface area contributed by atoms with Crippen LogP contribution < -0.4 is 16.4 Å². The summed E-state index contributed by atoms with van der Waals surface area (Å²) in [6.45, 7) is 3.75. The standard InChI is InChI=1S/C28H36ClN7/c29-24-4-2-1-3-19(24)15-32-27-33-16-22(14-30)26(35-27)34-17-28-11-18-9-20(12-28)25(21(10-18)13-28)36-7-5-23(31)6-8-36/h1-4,16,18,20-21,23,25H,5-13,15,17,31H2,(H2,32,33,34,35)/t18?,20-,21+,25?,28-. The number of nitrogens with zero attached hydrogens (tertiary/aromatic N) is 4. The first-order chi connectivity index (χ1) is 17.5. The van der Waals surface area contributed by atoms with E-state index in [1.807, 2.05) is 24.3 Å². The molecule has 36 heavy (non-hydrogen) atoms. The summed E-state index contributed by atoms with van der Waals surface area (Å²) in [4.78, 5) is 11.8. The van der Waals surface area contributed by atoms with Gasteiger partial charge in [-0.25, -0.2) is 4.98 Å². The highest BCUT2D eigenvalue weighted by Crippen LogP contribution is 2.61. The number of nitrogens with one attached hydrogen (secondary N) is 2. The number of anilines is 2. The number of nitrogens with two attached hydrogens (primary N) is 1. The van der Waals surface area contributed by atoms with Gasteiger partial charge in [0.15, 0.2) is 0 Å². The van der Waals surface area contributed by atoms with Crippen LogP contribution in [0.1, 0.15) is 56.1 Å². The van der Waals surface area contributed by atoms with E-state index < -0.39 is 0 Å². The molecular weight excluding hydrogens is 470 g/mol. The molecule has 8 heteroatoms. The number of rotatable bonds is 7. The van der Waals surface area contributed by atoms with E-state index in [2.05, 4.69) is 31.6 Å². The fourth-order valence-electron chi connectivity index (χ4n) is 7.97. The third-order valence-corrected chi connectivity index (χ3v) is 9.65. The summed E-state index contributed by atoms with van der Waals surface area (Å²) in [6.07, 6.45) is 10.5. The largest absolute Gasteiger partial charge is 0.368 e. The highest BCUT2D eigenvalue weighted by Gasteiger charge is 2.56. The summed E-state index contributed by atoms with van der Waals surface area (Å²) in [5, 5.41) is 17.3. The molecule has 4 bridgehead atoms. The Labute approximate surface area is 218 Å². The zero-order valence-electron chi connectivity index (χ0n) is 20.8. The van der Waals surface area contributed by atoms with Crippen molar-refractivity contribution >= 4 is 23.4 Å². The van der Waals surface area contributed by atoms with E-state index in [4.69, 9.17) is 17.3 Å². The summed E-state index contributed by atoms with van der Waals surface area (Å²) < 4.78 is 0. The molecule has 190 valence electrons. The molecular formula is C28H36ClN7. The lowest BCUT2D eigenvalue weighted by molar-refractivity contribution is -0.111. The summed E-state index contributed by atoms with van der Waals surface area (Å²) in [6, 6.07) is 11.1. The molecule has 0 amide bonds. The predicted octanol–water partition coefficient (Wildman–Crippen LogP) is 4.64. The average molecular weight is 506 g/mol. The van der Waals surface area contributed by atoms with Gasteiger partial charge >= 0.3 is 0 Å². The van der Waals surface area contributed by atoms with Gasteiger partial charge in [-0.2, -0.15) is 10.2 Å². The van der Waals surface area contributed by atoms with Crippen LogP contribution in [-0.2, 0) is 6.54 Å². The molecule has 4 saturated carbocycles. The van der Waals surface area contributed by atoms with Gasteiger partial charge in [0.2, 0.25) is 5.95 Å². The summed E-state index contributed by atoms with van der Waals surface area (Å²) in [5.74, 6) is 3.57. The van der Waals surface area contributed by atoms with Crippen molar-refractivity contribution in [3.63, 3.8) is 0 Å². The molecule has 2 unspecified atom stereocenters. The Morgan fingerprint density at radius 1 is 1.11 bits per heavy atom. The maximum Gasteiger partial charge on any atom is 0.224 e. The van der Waals surface area contributed by atoms with Gasteiger partial charge in [-0.3, -0.25) is 4.90 Å². The summed E-state index contributed by atoms with van der Waals surface area (Å²) >= 11 is 6.29. The third-order valence-electron chi connectivity index (χ3n) is 9.28. The normalized spacial score (nSPS) is 31.8. The zero-order chi connectivity index (χ0) is 24.7. The van der Waals surface area contributed by atoms with Crippen molar-refractivity contribution in [2.75, 3.05) is 30.3 Å². The second kappa shape index (κ2) is 9.81. The van der Waals surface area contributed by atoms with Crippen molar-refractivity contribution in [2.45, 2.75) is 63.6 Å². The van der Waals surface area contributed by atoms with Gasteiger partial charge < -0.3 is 16.4 Å². The van der Waals surface area contributed by atoms with E-state index in [0.717, 1.165) is 48.7 Å². The number of hydrogen-bond acceptors (Lipinski definition) is 7. The Morgan fingerprint density at radius 3 is 2.58 bits per heavy atom. The molecule has 1 aliphatic heterocycles. The lowest BCUT2D eigenvalue weighted by Gasteiger charge is -2.62. The second-order valence-electron chi connectivity index (χ2n) is 11.7. The highest BCUT2D eigenvalue weighted by molar-refractivity contribution is 6.31. The number of hydrogen-bond donors (Lipinski definition) is 3. The van der Waals surface area contributed by atoms with Crippen molar-refractivity contribution < 1.29 is 0 Å². The molecule has 5 fully saturated rings. The summed E-state index contributed by atoms with van der Waals surface area (Å²) in [5.41, 5.74) is 7.98. The molecule has 1 aromatic heterocycles. The van der Waals surface area contributed by atoms with E-state index in [1.165, 1.54) is 45.2 Å². The van der Waals surface area contributed by atoms with Crippen molar-refractivity contribution in [3.8, 4) is 6.07 Å². The number of aromatic nitrogens is 2. The molecule has 0 radical (unpaired) electrons. The molecule has 7 nitrogen and oxygen atoms in total. The van der Waals surface area contributed by atoms with E-state index in [-0.39, 0.29) is 0 Å². The third kappa shape index (κ3) is 4.67. The fourth-order valence-corrected chi connectivity index (χ4v) is 8.17. The molecule has 0 spiro atoms. The predicted molar refractivity (Wildman–Crippen MR) is 143 cm³/mol. The monoisotopic (exact) mass is 505 g/mol. The van der Waals surface area contributed by atoms with Gasteiger partial charge in [0.05, 0.1) is 6.20 Å². The Kier molecular flexibility index (Phi) is 6.53. The summed E-state index contributed by atoms with van der Waals surface area (Å²) in [7, 11) is 0. The van der Waals surface area contributed by atoms with Gasteiger partial charge in [0.25, 0.3) is 0 Å². The molecule has 4 N–H and O–H groups in total. The fraction of sp³-hybridized carbons (Fsp3) is 0.607. The van der Waals surface area contributed by atoms with Gasteiger partial charge in [-0.15, -0.1) is 0 Å². The molecule has 4 aliphatic carbocycles.